The van der Waals surface area contributed by atoms with Gasteiger partial charge in [0.1, 0.15) is 5.82 Å². The Hall–Kier alpha value is -1.53. The van der Waals surface area contributed by atoms with Gasteiger partial charge in [0, 0.05) is 12.6 Å². The maximum atomic E-state index is 10.1. The first-order chi connectivity index (χ1) is 9.00. The predicted octanol–water partition coefficient (Wildman–Crippen LogP) is 2.56. The zero-order valence-corrected chi connectivity index (χ0v) is 12.2. The second-order valence-electron chi connectivity index (χ2n) is 4.84. The quantitative estimate of drug-likeness (QED) is 0.786. The fourth-order valence-corrected chi connectivity index (χ4v) is 2.59. The lowest BCUT2D eigenvalue weighted by Gasteiger charge is -2.15. The third-order valence-electron chi connectivity index (χ3n) is 3.01. The summed E-state index contributed by atoms with van der Waals surface area (Å²) >= 11 is 1.57. The zero-order valence-electron chi connectivity index (χ0n) is 11.4. The van der Waals surface area contributed by atoms with Gasteiger partial charge in [0.2, 0.25) is 0 Å². The summed E-state index contributed by atoms with van der Waals surface area (Å²) in [5.41, 5.74) is 8.39. The molecule has 0 bridgehead atoms. The SMILES string of the molecule is Cc1nn(C(C)C)c(NCC(O)c2ccsc2)c1N. The third-order valence-corrected chi connectivity index (χ3v) is 3.71. The van der Waals surface area contributed by atoms with Crippen molar-refractivity contribution in [2.45, 2.75) is 32.9 Å². The van der Waals surface area contributed by atoms with Gasteiger partial charge in [-0.05, 0) is 43.2 Å². The number of hydrogen-bond donors (Lipinski definition) is 3. The van der Waals surface area contributed by atoms with Crippen LogP contribution in [0.3, 0.4) is 0 Å². The summed E-state index contributed by atoms with van der Waals surface area (Å²) in [6.45, 7) is 6.40. The Morgan fingerprint density at radius 3 is 2.84 bits per heavy atom. The van der Waals surface area contributed by atoms with Crippen molar-refractivity contribution in [3.63, 3.8) is 0 Å². The van der Waals surface area contributed by atoms with Crippen LogP contribution < -0.4 is 11.1 Å². The van der Waals surface area contributed by atoms with E-state index in [0.29, 0.717) is 12.2 Å². The van der Waals surface area contributed by atoms with Crippen LogP contribution in [-0.4, -0.2) is 21.4 Å². The molecule has 6 heteroatoms. The fourth-order valence-electron chi connectivity index (χ4n) is 1.89. The molecule has 104 valence electrons. The first-order valence-corrected chi connectivity index (χ1v) is 7.23. The van der Waals surface area contributed by atoms with Crippen molar-refractivity contribution in [1.82, 2.24) is 9.78 Å². The van der Waals surface area contributed by atoms with E-state index in [-0.39, 0.29) is 6.04 Å². The van der Waals surface area contributed by atoms with Crippen molar-refractivity contribution in [1.29, 1.82) is 0 Å². The number of aromatic nitrogens is 2. The Morgan fingerprint density at radius 1 is 1.53 bits per heavy atom. The van der Waals surface area contributed by atoms with Gasteiger partial charge in [-0.1, -0.05) is 0 Å². The van der Waals surface area contributed by atoms with E-state index in [0.717, 1.165) is 17.1 Å². The van der Waals surface area contributed by atoms with Crippen molar-refractivity contribution in [3.8, 4) is 0 Å². The van der Waals surface area contributed by atoms with Gasteiger partial charge in [-0.3, -0.25) is 0 Å². The molecule has 1 unspecified atom stereocenters. The molecule has 4 N–H and O–H groups in total. The minimum absolute atomic E-state index is 0.219. The molecule has 0 radical (unpaired) electrons. The first kappa shape index (κ1) is 13.9. The summed E-state index contributed by atoms with van der Waals surface area (Å²) < 4.78 is 1.85. The Morgan fingerprint density at radius 2 is 2.26 bits per heavy atom. The molecule has 0 aliphatic heterocycles. The molecule has 0 saturated heterocycles. The van der Waals surface area contributed by atoms with Gasteiger partial charge < -0.3 is 16.2 Å². The molecule has 2 heterocycles. The van der Waals surface area contributed by atoms with Crippen molar-refractivity contribution in [2.24, 2.45) is 0 Å². The van der Waals surface area contributed by atoms with Gasteiger partial charge in [0.15, 0.2) is 0 Å². The van der Waals surface area contributed by atoms with Crippen LogP contribution in [0, 0.1) is 6.92 Å². The smallest absolute Gasteiger partial charge is 0.148 e. The van der Waals surface area contributed by atoms with Crippen LogP contribution in [0.15, 0.2) is 16.8 Å². The van der Waals surface area contributed by atoms with E-state index in [1.165, 1.54) is 0 Å². The molecule has 0 fully saturated rings. The number of nitrogens with zero attached hydrogens (tertiary/aromatic N) is 2. The molecule has 0 spiro atoms. The van der Waals surface area contributed by atoms with E-state index in [1.54, 1.807) is 11.3 Å². The highest BCUT2D eigenvalue weighted by Gasteiger charge is 2.16. The van der Waals surface area contributed by atoms with Crippen molar-refractivity contribution in [3.05, 3.63) is 28.1 Å². The van der Waals surface area contributed by atoms with E-state index in [9.17, 15) is 5.11 Å². The number of nitrogen functional groups attached to an aromatic ring is 1. The largest absolute Gasteiger partial charge is 0.394 e. The fraction of sp³-hybridized carbons (Fsp3) is 0.462. The van der Waals surface area contributed by atoms with E-state index in [2.05, 4.69) is 10.4 Å². The van der Waals surface area contributed by atoms with Crippen LogP contribution in [0.2, 0.25) is 0 Å². The van der Waals surface area contributed by atoms with Gasteiger partial charge in [0.05, 0.1) is 17.5 Å². The second-order valence-corrected chi connectivity index (χ2v) is 5.62. The zero-order chi connectivity index (χ0) is 14.0. The van der Waals surface area contributed by atoms with Gasteiger partial charge in [-0.2, -0.15) is 16.4 Å². The average molecular weight is 280 g/mol. The number of anilines is 2. The lowest BCUT2D eigenvalue weighted by atomic mass is 10.2. The van der Waals surface area contributed by atoms with Gasteiger partial charge in [-0.25, -0.2) is 4.68 Å². The first-order valence-electron chi connectivity index (χ1n) is 6.29. The molecule has 2 rings (SSSR count). The van der Waals surface area contributed by atoms with Crippen molar-refractivity contribution >= 4 is 22.8 Å². The van der Waals surface area contributed by atoms with Crippen LogP contribution in [0.4, 0.5) is 11.5 Å². The summed E-state index contributed by atoms with van der Waals surface area (Å²) in [5, 5.41) is 21.6. The number of nitrogens with two attached hydrogens (primary N) is 1. The second kappa shape index (κ2) is 5.63. The maximum absolute atomic E-state index is 10.1. The highest BCUT2D eigenvalue weighted by molar-refractivity contribution is 7.07. The number of nitrogens with one attached hydrogen (secondary N) is 1. The molecule has 0 aromatic carbocycles. The Labute approximate surface area is 117 Å². The van der Waals surface area contributed by atoms with E-state index < -0.39 is 6.10 Å². The molecule has 0 saturated carbocycles. The van der Waals surface area contributed by atoms with Gasteiger partial charge in [0.25, 0.3) is 0 Å². The molecule has 0 aliphatic carbocycles. The summed E-state index contributed by atoms with van der Waals surface area (Å²) in [7, 11) is 0. The number of aliphatic hydroxyl groups excluding tert-OH is 1. The van der Waals surface area contributed by atoms with Crippen LogP contribution in [0.25, 0.3) is 0 Å². The third kappa shape index (κ3) is 2.90. The number of rotatable bonds is 5. The molecule has 2 aromatic rings. The molecule has 0 amide bonds. The molecule has 1 atom stereocenters. The number of thiophene rings is 1. The Bertz CT molecular complexity index is 533. The number of aliphatic hydroxyl groups is 1. The minimum Gasteiger partial charge on any atom is -0.394 e. The molecule has 5 nitrogen and oxygen atoms in total. The summed E-state index contributed by atoms with van der Waals surface area (Å²) in [5.74, 6) is 0.779. The lowest BCUT2D eigenvalue weighted by molar-refractivity contribution is 0.192. The van der Waals surface area contributed by atoms with Crippen LogP contribution in [0.5, 0.6) is 0 Å². The Kier molecular flexibility index (Phi) is 4.11. The monoisotopic (exact) mass is 280 g/mol. The minimum atomic E-state index is -0.540. The summed E-state index contributed by atoms with van der Waals surface area (Å²) in [6.07, 6.45) is -0.540. The van der Waals surface area contributed by atoms with Crippen molar-refractivity contribution in [2.75, 3.05) is 17.6 Å². The topological polar surface area (TPSA) is 76.1 Å². The van der Waals surface area contributed by atoms with E-state index >= 15 is 0 Å². The van der Waals surface area contributed by atoms with Crippen molar-refractivity contribution < 1.29 is 5.11 Å². The van der Waals surface area contributed by atoms with E-state index in [4.69, 9.17) is 5.73 Å². The van der Waals surface area contributed by atoms with Gasteiger partial charge in [-0.15, -0.1) is 0 Å². The lowest BCUT2D eigenvalue weighted by Crippen LogP contribution is -2.16. The van der Waals surface area contributed by atoms with E-state index in [1.807, 2.05) is 42.3 Å². The predicted molar refractivity (Wildman–Crippen MR) is 79.5 cm³/mol. The molecular formula is C13H20N4OS. The number of aryl methyl sites for hydroxylation is 1. The molecule has 2 aromatic heterocycles. The average Bonchev–Trinajstić information content (AvgIpc) is 2.97. The summed E-state index contributed by atoms with van der Waals surface area (Å²) in [4.78, 5) is 0. The normalized spacial score (nSPS) is 12.9. The molecule has 19 heavy (non-hydrogen) atoms. The van der Waals surface area contributed by atoms with Crippen LogP contribution >= 0.6 is 11.3 Å². The number of hydrogen-bond acceptors (Lipinski definition) is 5. The highest BCUT2D eigenvalue weighted by Crippen LogP contribution is 2.26. The Balaban J connectivity index is 2.11. The standard InChI is InChI=1S/C13H20N4OS/c1-8(2)17-13(12(14)9(3)16-17)15-6-11(18)10-4-5-19-7-10/h4-5,7-8,11,15,18H,6,14H2,1-3H3. The van der Waals surface area contributed by atoms with Crippen LogP contribution in [0.1, 0.15) is 37.3 Å². The summed E-state index contributed by atoms with van der Waals surface area (Å²) in [6, 6.07) is 2.14. The maximum Gasteiger partial charge on any atom is 0.148 e. The highest BCUT2D eigenvalue weighted by atomic mass is 32.1. The molecule has 0 aliphatic rings. The molecular weight excluding hydrogens is 260 g/mol. The van der Waals surface area contributed by atoms with Gasteiger partial charge >= 0.3 is 0 Å². The van der Waals surface area contributed by atoms with Crippen LogP contribution in [-0.2, 0) is 0 Å².